The van der Waals surface area contributed by atoms with E-state index in [1.165, 1.54) is 0 Å². The highest BCUT2D eigenvalue weighted by Gasteiger charge is 2.36. The molecule has 4 rings (SSSR count). The fourth-order valence-corrected chi connectivity index (χ4v) is 4.18. The van der Waals surface area contributed by atoms with E-state index in [9.17, 15) is 4.79 Å². The Kier molecular flexibility index (Phi) is 4.63. The number of anilines is 1. The summed E-state index contributed by atoms with van der Waals surface area (Å²) in [5, 5.41) is 0. The normalized spacial score (nSPS) is 23.1. The lowest BCUT2D eigenvalue weighted by atomic mass is 10.0. The molecule has 1 aromatic rings. The average Bonchev–Trinajstić information content (AvgIpc) is 3.46. The summed E-state index contributed by atoms with van der Waals surface area (Å²) in [6, 6.07) is 2.67. The van der Waals surface area contributed by atoms with Gasteiger partial charge in [0.1, 0.15) is 0 Å². The zero-order chi connectivity index (χ0) is 17.4. The Labute approximate surface area is 150 Å². The number of aryl methyl sites for hydroxylation is 2. The molecule has 3 fully saturated rings. The van der Waals surface area contributed by atoms with Crippen molar-refractivity contribution in [3.05, 3.63) is 17.5 Å². The van der Waals surface area contributed by atoms with Crippen LogP contribution in [0.1, 0.15) is 37.1 Å². The first-order chi connectivity index (χ1) is 12.1. The van der Waals surface area contributed by atoms with Crippen LogP contribution in [0.25, 0.3) is 0 Å². The molecule has 3 aliphatic rings. The number of rotatable bonds is 3. The second-order valence-electron chi connectivity index (χ2n) is 7.80. The molecule has 0 aromatic carbocycles. The van der Waals surface area contributed by atoms with Crippen LogP contribution in [-0.4, -0.2) is 71.0 Å². The Morgan fingerprint density at radius 3 is 2.08 bits per heavy atom. The zero-order valence-corrected chi connectivity index (χ0v) is 15.4. The predicted octanol–water partition coefficient (Wildman–Crippen LogP) is 1.62. The largest absolute Gasteiger partial charge is 0.341 e. The lowest BCUT2D eigenvalue weighted by Gasteiger charge is -2.42. The molecule has 0 N–H and O–H groups in total. The van der Waals surface area contributed by atoms with Gasteiger partial charge in [-0.2, -0.15) is 0 Å². The van der Waals surface area contributed by atoms with Gasteiger partial charge >= 0.3 is 0 Å². The predicted molar refractivity (Wildman–Crippen MR) is 97.6 cm³/mol. The first-order valence-electron chi connectivity index (χ1n) is 9.70. The van der Waals surface area contributed by atoms with Crippen molar-refractivity contribution in [2.45, 2.75) is 45.6 Å². The number of piperidine rings is 1. The van der Waals surface area contributed by atoms with E-state index in [1.54, 1.807) is 0 Å². The molecule has 0 unspecified atom stereocenters. The summed E-state index contributed by atoms with van der Waals surface area (Å²) in [6.07, 6.45) is 4.54. The third kappa shape index (κ3) is 3.78. The summed E-state index contributed by atoms with van der Waals surface area (Å²) >= 11 is 0. The molecule has 0 spiro atoms. The maximum Gasteiger partial charge on any atom is 0.225 e. The number of amides is 1. The highest BCUT2D eigenvalue weighted by Crippen LogP contribution is 2.31. The van der Waals surface area contributed by atoms with E-state index in [0.29, 0.717) is 17.9 Å². The van der Waals surface area contributed by atoms with Gasteiger partial charge in [-0.3, -0.25) is 9.69 Å². The molecular formula is C19H29N5O. The summed E-state index contributed by atoms with van der Waals surface area (Å²) in [5.74, 6) is 1.64. The smallest absolute Gasteiger partial charge is 0.225 e. The molecule has 1 aliphatic carbocycles. The molecule has 2 aliphatic heterocycles. The molecule has 0 radical (unpaired) electrons. The van der Waals surface area contributed by atoms with Crippen molar-refractivity contribution < 1.29 is 4.79 Å². The fourth-order valence-electron chi connectivity index (χ4n) is 4.18. The van der Waals surface area contributed by atoms with Gasteiger partial charge in [0.15, 0.2) is 0 Å². The summed E-state index contributed by atoms with van der Waals surface area (Å²) in [4.78, 5) is 28.4. The van der Waals surface area contributed by atoms with Gasteiger partial charge in [0, 0.05) is 62.6 Å². The third-order valence-corrected chi connectivity index (χ3v) is 5.79. The van der Waals surface area contributed by atoms with E-state index in [2.05, 4.69) is 24.7 Å². The number of aromatic nitrogens is 2. The van der Waals surface area contributed by atoms with Gasteiger partial charge in [-0.05, 0) is 45.6 Å². The van der Waals surface area contributed by atoms with Gasteiger partial charge in [0.05, 0.1) is 0 Å². The lowest BCUT2D eigenvalue weighted by Crippen LogP contribution is -2.54. The standard InChI is InChI=1S/C19H29N5O/c1-14-13-15(2)21-19(20-14)24-7-5-17(6-8-24)22-9-11-23(12-10-22)18(25)16-3-4-16/h13,16-17H,3-12H2,1-2H3. The topological polar surface area (TPSA) is 52.6 Å². The van der Waals surface area contributed by atoms with Crippen LogP contribution in [0.5, 0.6) is 0 Å². The lowest BCUT2D eigenvalue weighted by molar-refractivity contribution is -0.134. The van der Waals surface area contributed by atoms with Crippen LogP contribution in [0.4, 0.5) is 5.95 Å². The number of hydrogen-bond donors (Lipinski definition) is 0. The van der Waals surface area contributed by atoms with Crippen molar-refractivity contribution in [2.24, 2.45) is 5.92 Å². The summed E-state index contributed by atoms with van der Waals surface area (Å²) in [7, 11) is 0. The molecule has 136 valence electrons. The molecule has 2 saturated heterocycles. The summed E-state index contributed by atoms with van der Waals surface area (Å²) in [6.45, 7) is 10.0. The van der Waals surface area contributed by atoms with Crippen LogP contribution in [0.2, 0.25) is 0 Å². The molecule has 25 heavy (non-hydrogen) atoms. The Balaban J connectivity index is 1.28. The van der Waals surface area contributed by atoms with Crippen molar-refractivity contribution in [3.8, 4) is 0 Å². The SMILES string of the molecule is Cc1cc(C)nc(N2CCC(N3CCN(C(=O)C4CC4)CC3)CC2)n1. The van der Waals surface area contributed by atoms with Crippen molar-refractivity contribution in [1.82, 2.24) is 19.8 Å². The molecule has 0 bridgehead atoms. The maximum atomic E-state index is 12.2. The quantitative estimate of drug-likeness (QED) is 0.835. The van der Waals surface area contributed by atoms with Crippen molar-refractivity contribution in [3.63, 3.8) is 0 Å². The number of hydrogen-bond acceptors (Lipinski definition) is 5. The van der Waals surface area contributed by atoms with Gasteiger partial charge in [-0.1, -0.05) is 0 Å². The van der Waals surface area contributed by atoms with E-state index in [4.69, 9.17) is 0 Å². The van der Waals surface area contributed by atoms with Gasteiger partial charge in [0.2, 0.25) is 11.9 Å². The molecule has 0 atom stereocenters. The third-order valence-electron chi connectivity index (χ3n) is 5.79. The summed E-state index contributed by atoms with van der Waals surface area (Å²) in [5.41, 5.74) is 2.09. The molecule has 3 heterocycles. The fraction of sp³-hybridized carbons (Fsp3) is 0.737. The van der Waals surface area contributed by atoms with Gasteiger partial charge in [-0.25, -0.2) is 9.97 Å². The van der Waals surface area contributed by atoms with Crippen LogP contribution in [0.15, 0.2) is 6.07 Å². The molecule has 6 heteroatoms. The summed E-state index contributed by atoms with van der Waals surface area (Å²) < 4.78 is 0. The number of carbonyl (C=O) groups excluding carboxylic acids is 1. The second kappa shape index (κ2) is 6.90. The van der Waals surface area contributed by atoms with Crippen LogP contribution in [-0.2, 0) is 4.79 Å². The van der Waals surface area contributed by atoms with E-state index in [1.807, 2.05) is 19.9 Å². The number of piperazine rings is 1. The highest BCUT2D eigenvalue weighted by molar-refractivity contribution is 5.81. The van der Waals surface area contributed by atoms with Crippen molar-refractivity contribution in [1.29, 1.82) is 0 Å². The minimum atomic E-state index is 0.354. The van der Waals surface area contributed by atoms with Gasteiger partial charge in [0.25, 0.3) is 0 Å². The van der Waals surface area contributed by atoms with Gasteiger partial charge in [-0.15, -0.1) is 0 Å². The van der Waals surface area contributed by atoms with Gasteiger partial charge < -0.3 is 9.80 Å². The van der Waals surface area contributed by atoms with Crippen LogP contribution in [0.3, 0.4) is 0 Å². The molecule has 1 aromatic heterocycles. The number of carbonyl (C=O) groups is 1. The number of nitrogens with zero attached hydrogens (tertiary/aromatic N) is 5. The van der Waals surface area contributed by atoms with E-state index < -0.39 is 0 Å². The Bertz CT molecular complexity index is 608. The zero-order valence-electron chi connectivity index (χ0n) is 15.4. The monoisotopic (exact) mass is 343 g/mol. The maximum absolute atomic E-state index is 12.2. The molecule has 6 nitrogen and oxygen atoms in total. The van der Waals surface area contributed by atoms with Crippen molar-refractivity contribution in [2.75, 3.05) is 44.2 Å². The van der Waals surface area contributed by atoms with Crippen molar-refractivity contribution >= 4 is 11.9 Å². The Hall–Kier alpha value is -1.69. The Morgan fingerprint density at radius 1 is 0.920 bits per heavy atom. The minimum Gasteiger partial charge on any atom is -0.341 e. The first kappa shape index (κ1) is 16.8. The second-order valence-corrected chi connectivity index (χ2v) is 7.80. The molecular weight excluding hydrogens is 314 g/mol. The molecule has 1 amide bonds. The molecule has 1 saturated carbocycles. The first-order valence-corrected chi connectivity index (χ1v) is 9.70. The van der Waals surface area contributed by atoms with E-state index in [-0.39, 0.29) is 0 Å². The average molecular weight is 343 g/mol. The van der Waals surface area contributed by atoms with E-state index in [0.717, 1.165) is 82.3 Å². The van der Waals surface area contributed by atoms with Crippen LogP contribution >= 0.6 is 0 Å². The highest BCUT2D eigenvalue weighted by atomic mass is 16.2. The van der Waals surface area contributed by atoms with Crippen LogP contribution < -0.4 is 4.90 Å². The van der Waals surface area contributed by atoms with E-state index >= 15 is 0 Å². The van der Waals surface area contributed by atoms with Crippen LogP contribution in [0, 0.1) is 19.8 Å². The minimum absolute atomic E-state index is 0.354. The Morgan fingerprint density at radius 2 is 1.52 bits per heavy atom.